The van der Waals surface area contributed by atoms with Gasteiger partial charge in [-0.3, -0.25) is 4.79 Å². The minimum absolute atomic E-state index is 0.137. The van der Waals surface area contributed by atoms with Gasteiger partial charge in [0, 0.05) is 16.7 Å². The average molecular weight is 373 g/mol. The lowest BCUT2D eigenvalue weighted by molar-refractivity contribution is 0.0958. The van der Waals surface area contributed by atoms with Crippen LogP contribution in [0, 0.1) is 20.8 Å². The van der Waals surface area contributed by atoms with Crippen LogP contribution in [-0.2, 0) is 0 Å². The van der Waals surface area contributed by atoms with Gasteiger partial charge in [0.2, 0.25) is 0 Å². The molecular weight excluding hydrogens is 352 g/mol. The monoisotopic (exact) mass is 372 g/mol. The molecule has 0 fully saturated rings. The van der Waals surface area contributed by atoms with E-state index >= 15 is 0 Å². The Morgan fingerprint density at radius 1 is 1.22 bits per heavy atom. The van der Waals surface area contributed by atoms with Gasteiger partial charge in [0.05, 0.1) is 11.3 Å². The second-order valence-corrected chi connectivity index (χ2v) is 6.41. The Morgan fingerprint density at radius 3 is 2.48 bits per heavy atom. The maximum atomic E-state index is 12.4. The molecule has 0 atom stereocenters. The lowest BCUT2D eigenvalue weighted by Crippen LogP contribution is -2.24. The third-order valence-electron chi connectivity index (χ3n) is 3.58. The maximum Gasteiger partial charge on any atom is 0.254 e. The third-order valence-corrected chi connectivity index (χ3v) is 4.25. The zero-order chi connectivity index (χ0) is 17.0. The van der Waals surface area contributed by atoms with Crippen molar-refractivity contribution in [3.63, 3.8) is 0 Å². The highest BCUT2D eigenvalue weighted by atomic mass is 79.9. The number of aryl methyl sites for hydroxylation is 3. The van der Waals surface area contributed by atoms with Crippen LogP contribution in [0.2, 0.25) is 0 Å². The third kappa shape index (κ3) is 4.02. The van der Waals surface area contributed by atoms with Crippen LogP contribution in [0.25, 0.3) is 0 Å². The van der Waals surface area contributed by atoms with Crippen molar-refractivity contribution in [1.29, 1.82) is 0 Å². The van der Waals surface area contributed by atoms with E-state index in [1.54, 1.807) is 6.08 Å². The Balaban J connectivity index is 2.43. The highest BCUT2D eigenvalue weighted by Crippen LogP contribution is 2.31. The molecule has 23 heavy (non-hydrogen) atoms. The molecule has 0 bridgehead atoms. The number of carbonyl (C=O) groups is 1. The lowest BCUT2D eigenvalue weighted by Gasteiger charge is -2.17. The molecule has 0 aliphatic rings. The zero-order valence-electron chi connectivity index (χ0n) is 13.7. The van der Waals surface area contributed by atoms with E-state index in [4.69, 9.17) is 0 Å². The molecule has 2 N–H and O–H groups in total. The molecule has 1 amide bonds. The fourth-order valence-electron chi connectivity index (χ4n) is 2.62. The molecular formula is C19H21BrN2O. The second-order valence-electron chi connectivity index (χ2n) is 5.56. The molecule has 120 valence electrons. The van der Waals surface area contributed by atoms with Crippen molar-refractivity contribution in [3.8, 4) is 0 Å². The quantitative estimate of drug-likeness (QED) is 0.722. The van der Waals surface area contributed by atoms with Crippen LogP contribution < -0.4 is 10.6 Å². The van der Waals surface area contributed by atoms with Crippen LogP contribution in [0.3, 0.4) is 0 Å². The summed E-state index contributed by atoms with van der Waals surface area (Å²) in [5, 5.41) is 6.24. The number of carbonyl (C=O) groups excluding carboxylic acids is 1. The molecule has 0 heterocycles. The molecule has 0 radical (unpaired) electrons. The molecule has 2 rings (SSSR count). The van der Waals surface area contributed by atoms with Crippen molar-refractivity contribution in [2.75, 3.05) is 11.9 Å². The van der Waals surface area contributed by atoms with Gasteiger partial charge in [-0.2, -0.15) is 0 Å². The number of amides is 1. The largest absolute Gasteiger partial charge is 0.354 e. The summed E-state index contributed by atoms with van der Waals surface area (Å²) in [6.07, 6.45) is 1.66. The van der Waals surface area contributed by atoms with Gasteiger partial charge in [0.25, 0.3) is 5.91 Å². The highest BCUT2D eigenvalue weighted by Gasteiger charge is 2.16. The first-order chi connectivity index (χ1) is 10.9. The van der Waals surface area contributed by atoms with Gasteiger partial charge in [-0.1, -0.05) is 29.8 Å². The fraction of sp³-hybridized carbons (Fsp3) is 0.211. The molecule has 0 aliphatic heterocycles. The van der Waals surface area contributed by atoms with Gasteiger partial charge < -0.3 is 10.6 Å². The van der Waals surface area contributed by atoms with Gasteiger partial charge in [0.15, 0.2) is 0 Å². The minimum Gasteiger partial charge on any atom is -0.354 e. The predicted octanol–water partition coefficient (Wildman–Crippen LogP) is 5.03. The molecule has 0 saturated heterocycles. The molecule has 0 spiro atoms. The van der Waals surface area contributed by atoms with Crippen molar-refractivity contribution in [3.05, 3.63) is 69.7 Å². The summed E-state index contributed by atoms with van der Waals surface area (Å²) in [6.45, 7) is 10.3. The topological polar surface area (TPSA) is 41.1 Å². The standard InChI is InChI=1S/C19H21BrN2O/c1-5-9-21-19(23)17-15(20)7-6-8-16(17)22-18-13(3)10-12(2)11-14(18)4/h5-8,10-11,22H,1,9H2,2-4H3,(H,21,23). The zero-order valence-corrected chi connectivity index (χ0v) is 15.3. The average Bonchev–Trinajstić information content (AvgIpc) is 2.48. The SMILES string of the molecule is C=CCNC(=O)c1c(Br)cccc1Nc1c(C)cc(C)cc1C. The Bertz CT molecular complexity index is 730. The van der Waals surface area contributed by atoms with Crippen LogP contribution in [-0.4, -0.2) is 12.5 Å². The van der Waals surface area contributed by atoms with E-state index in [0.717, 1.165) is 27.0 Å². The first-order valence-electron chi connectivity index (χ1n) is 7.46. The molecule has 0 unspecified atom stereocenters. The molecule has 3 nitrogen and oxygen atoms in total. The number of rotatable bonds is 5. The Hall–Kier alpha value is -2.07. The summed E-state index contributed by atoms with van der Waals surface area (Å²) in [7, 11) is 0. The van der Waals surface area contributed by atoms with E-state index in [1.807, 2.05) is 18.2 Å². The second kappa shape index (κ2) is 7.47. The molecule has 2 aromatic carbocycles. The summed E-state index contributed by atoms with van der Waals surface area (Å²) < 4.78 is 0.756. The molecule has 0 aromatic heterocycles. The summed E-state index contributed by atoms with van der Waals surface area (Å²) in [4.78, 5) is 12.4. The number of hydrogen-bond acceptors (Lipinski definition) is 2. The van der Waals surface area contributed by atoms with Gasteiger partial charge in [-0.15, -0.1) is 6.58 Å². The van der Waals surface area contributed by atoms with Crippen LogP contribution in [0.1, 0.15) is 27.0 Å². The van der Waals surface area contributed by atoms with Crippen molar-refractivity contribution >= 4 is 33.2 Å². The van der Waals surface area contributed by atoms with Crippen molar-refractivity contribution in [1.82, 2.24) is 5.32 Å². The molecule has 0 saturated carbocycles. The van der Waals surface area contributed by atoms with E-state index in [0.29, 0.717) is 12.1 Å². The van der Waals surface area contributed by atoms with E-state index in [2.05, 4.69) is 66.0 Å². The smallest absolute Gasteiger partial charge is 0.254 e. The maximum absolute atomic E-state index is 12.4. The van der Waals surface area contributed by atoms with Gasteiger partial charge >= 0.3 is 0 Å². The van der Waals surface area contributed by atoms with Gasteiger partial charge in [-0.05, 0) is 60.0 Å². The van der Waals surface area contributed by atoms with Crippen molar-refractivity contribution in [2.24, 2.45) is 0 Å². The van der Waals surface area contributed by atoms with Crippen LogP contribution in [0.15, 0.2) is 47.5 Å². The Labute approximate surface area is 145 Å². The molecule has 4 heteroatoms. The van der Waals surface area contributed by atoms with Gasteiger partial charge in [0.1, 0.15) is 0 Å². The normalized spacial score (nSPS) is 10.3. The van der Waals surface area contributed by atoms with Crippen LogP contribution in [0.4, 0.5) is 11.4 Å². The van der Waals surface area contributed by atoms with Crippen molar-refractivity contribution < 1.29 is 4.79 Å². The Kier molecular flexibility index (Phi) is 5.61. The van der Waals surface area contributed by atoms with E-state index in [-0.39, 0.29) is 5.91 Å². The summed E-state index contributed by atoms with van der Waals surface area (Å²) in [5.41, 5.74) is 5.93. The first kappa shape index (κ1) is 17.3. The summed E-state index contributed by atoms with van der Waals surface area (Å²) >= 11 is 3.48. The number of halogens is 1. The van der Waals surface area contributed by atoms with E-state index < -0.39 is 0 Å². The van der Waals surface area contributed by atoms with Crippen LogP contribution in [0.5, 0.6) is 0 Å². The van der Waals surface area contributed by atoms with Crippen molar-refractivity contribution in [2.45, 2.75) is 20.8 Å². The lowest BCUT2D eigenvalue weighted by atomic mass is 10.0. The number of nitrogens with one attached hydrogen (secondary N) is 2. The predicted molar refractivity (Wildman–Crippen MR) is 101 cm³/mol. The summed E-state index contributed by atoms with van der Waals surface area (Å²) in [6, 6.07) is 9.94. The fourth-order valence-corrected chi connectivity index (χ4v) is 3.17. The van der Waals surface area contributed by atoms with Gasteiger partial charge in [-0.25, -0.2) is 0 Å². The summed E-state index contributed by atoms with van der Waals surface area (Å²) in [5.74, 6) is -0.137. The Morgan fingerprint density at radius 2 is 1.87 bits per heavy atom. The van der Waals surface area contributed by atoms with Crippen LogP contribution >= 0.6 is 15.9 Å². The molecule has 0 aliphatic carbocycles. The minimum atomic E-state index is -0.137. The number of anilines is 2. The molecule has 2 aromatic rings. The highest BCUT2D eigenvalue weighted by molar-refractivity contribution is 9.10. The first-order valence-corrected chi connectivity index (χ1v) is 8.25. The number of hydrogen-bond donors (Lipinski definition) is 2. The number of benzene rings is 2. The van der Waals surface area contributed by atoms with E-state index in [9.17, 15) is 4.79 Å². The van der Waals surface area contributed by atoms with E-state index in [1.165, 1.54) is 5.56 Å².